The molecular weight excluding hydrogens is 403 g/mol. The first-order valence-corrected chi connectivity index (χ1v) is 10.3. The van der Waals surface area contributed by atoms with Gasteiger partial charge in [0.25, 0.3) is 5.91 Å². The molecule has 0 radical (unpaired) electrons. The van der Waals surface area contributed by atoms with E-state index in [2.05, 4.69) is 4.99 Å². The SMILES string of the molecule is CC(C)(Oc1ccc(Cl)cc1)C(=O)N1CCN=C1SCc1ccccc1Cl. The lowest BCUT2D eigenvalue weighted by atomic mass is 10.1. The summed E-state index contributed by atoms with van der Waals surface area (Å²) >= 11 is 13.6. The molecule has 0 aromatic heterocycles. The molecule has 2 aromatic carbocycles. The van der Waals surface area contributed by atoms with Crippen LogP contribution < -0.4 is 4.74 Å². The number of carbonyl (C=O) groups excluding carboxylic acids is 1. The molecule has 7 heteroatoms. The van der Waals surface area contributed by atoms with Gasteiger partial charge in [-0.05, 0) is 49.7 Å². The van der Waals surface area contributed by atoms with Crippen molar-refractivity contribution in [3.05, 3.63) is 64.1 Å². The first-order chi connectivity index (χ1) is 12.9. The summed E-state index contributed by atoms with van der Waals surface area (Å²) < 4.78 is 5.93. The number of hydrogen-bond donors (Lipinski definition) is 0. The summed E-state index contributed by atoms with van der Waals surface area (Å²) in [6.45, 7) is 4.67. The first kappa shape index (κ1) is 20.1. The van der Waals surface area contributed by atoms with E-state index in [9.17, 15) is 4.79 Å². The molecule has 27 heavy (non-hydrogen) atoms. The van der Waals surface area contributed by atoms with E-state index in [1.54, 1.807) is 43.0 Å². The molecule has 0 N–H and O–H groups in total. The molecule has 0 atom stereocenters. The molecule has 1 aliphatic heterocycles. The predicted molar refractivity (Wildman–Crippen MR) is 113 cm³/mol. The highest BCUT2D eigenvalue weighted by atomic mass is 35.5. The molecule has 1 heterocycles. The minimum absolute atomic E-state index is 0.125. The molecule has 0 spiro atoms. The fourth-order valence-electron chi connectivity index (χ4n) is 2.66. The Morgan fingerprint density at radius 1 is 1.19 bits per heavy atom. The second-order valence-corrected chi connectivity index (χ2v) is 8.35. The maximum Gasteiger partial charge on any atom is 0.272 e. The van der Waals surface area contributed by atoms with Crippen molar-refractivity contribution in [1.29, 1.82) is 0 Å². The number of rotatable bonds is 5. The van der Waals surface area contributed by atoms with Crippen LogP contribution in [0.1, 0.15) is 19.4 Å². The van der Waals surface area contributed by atoms with E-state index in [0.717, 1.165) is 5.56 Å². The largest absolute Gasteiger partial charge is 0.478 e. The Morgan fingerprint density at radius 2 is 1.89 bits per heavy atom. The predicted octanol–water partition coefficient (Wildman–Crippen LogP) is 5.28. The Morgan fingerprint density at radius 3 is 2.59 bits per heavy atom. The van der Waals surface area contributed by atoms with E-state index in [1.807, 2.05) is 24.3 Å². The minimum Gasteiger partial charge on any atom is -0.478 e. The van der Waals surface area contributed by atoms with Gasteiger partial charge in [-0.3, -0.25) is 14.7 Å². The summed E-state index contributed by atoms with van der Waals surface area (Å²) in [5.41, 5.74) is -0.00740. The van der Waals surface area contributed by atoms with Crippen molar-refractivity contribution < 1.29 is 9.53 Å². The van der Waals surface area contributed by atoms with Crippen LogP contribution in [-0.4, -0.2) is 34.7 Å². The van der Waals surface area contributed by atoms with E-state index < -0.39 is 5.60 Å². The average molecular weight is 423 g/mol. The van der Waals surface area contributed by atoms with E-state index in [4.69, 9.17) is 27.9 Å². The van der Waals surface area contributed by atoms with E-state index in [0.29, 0.717) is 39.8 Å². The van der Waals surface area contributed by atoms with E-state index in [-0.39, 0.29) is 5.91 Å². The molecule has 2 aromatic rings. The Balaban J connectivity index is 1.66. The lowest BCUT2D eigenvalue weighted by molar-refractivity contribution is -0.140. The molecule has 142 valence electrons. The molecule has 0 fully saturated rings. The van der Waals surface area contributed by atoms with Gasteiger partial charge in [-0.2, -0.15) is 0 Å². The fourth-order valence-corrected chi connectivity index (χ4v) is 4.12. The Bertz CT molecular complexity index is 853. The van der Waals surface area contributed by atoms with Crippen molar-refractivity contribution in [2.75, 3.05) is 13.1 Å². The van der Waals surface area contributed by atoms with Gasteiger partial charge in [-0.15, -0.1) is 0 Å². The van der Waals surface area contributed by atoms with E-state index in [1.165, 1.54) is 11.8 Å². The van der Waals surface area contributed by atoms with Crippen molar-refractivity contribution in [3.8, 4) is 5.75 Å². The fraction of sp³-hybridized carbons (Fsp3) is 0.300. The zero-order valence-electron chi connectivity index (χ0n) is 15.1. The third-order valence-electron chi connectivity index (χ3n) is 4.06. The number of amidine groups is 1. The van der Waals surface area contributed by atoms with Crippen LogP contribution in [0, 0.1) is 0 Å². The van der Waals surface area contributed by atoms with Gasteiger partial charge in [0.2, 0.25) is 0 Å². The van der Waals surface area contributed by atoms with Crippen LogP contribution in [0.2, 0.25) is 10.0 Å². The number of benzene rings is 2. The number of ether oxygens (including phenoxy) is 1. The summed E-state index contributed by atoms with van der Waals surface area (Å²) in [6.07, 6.45) is 0. The Labute approximate surface area is 173 Å². The highest BCUT2D eigenvalue weighted by molar-refractivity contribution is 8.13. The van der Waals surface area contributed by atoms with Crippen molar-refractivity contribution in [1.82, 2.24) is 4.90 Å². The molecule has 0 saturated heterocycles. The molecule has 0 aliphatic carbocycles. The van der Waals surface area contributed by atoms with Crippen LogP contribution in [0.5, 0.6) is 5.75 Å². The van der Waals surface area contributed by atoms with Gasteiger partial charge in [-0.25, -0.2) is 0 Å². The number of carbonyl (C=O) groups is 1. The van der Waals surface area contributed by atoms with Crippen molar-refractivity contribution in [2.45, 2.75) is 25.2 Å². The standard InChI is InChI=1S/C20H20Cl2N2O2S/c1-20(2,26-16-9-7-15(21)8-10-16)18(25)24-12-11-23-19(24)27-13-14-5-3-4-6-17(14)22/h3-10H,11-13H2,1-2H3. The van der Waals surface area contributed by atoms with Gasteiger partial charge in [0.05, 0.1) is 6.54 Å². The number of halogens is 2. The van der Waals surface area contributed by atoms with Crippen LogP contribution in [-0.2, 0) is 10.5 Å². The van der Waals surface area contributed by atoms with E-state index >= 15 is 0 Å². The molecule has 0 bridgehead atoms. The quantitative estimate of drug-likeness (QED) is 0.657. The van der Waals surface area contributed by atoms with Crippen LogP contribution >= 0.6 is 35.0 Å². The Kier molecular flexibility index (Phi) is 6.35. The number of hydrogen-bond acceptors (Lipinski definition) is 4. The van der Waals surface area contributed by atoms with Gasteiger partial charge in [0.1, 0.15) is 5.75 Å². The van der Waals surface area contributed by atoms with Crippen molar-refractivity contribution in [3.63, 3.8) is 0 Å². The topological polar surface area (TPSA) is 41.9 Å². The number of thioether (sulfide) groups is 1. The molecule has 0 unspecified atom stereocenters. The monoisotopic (exact) mass is 422 g/mol. The van der Waals surface area contributed by atoms with Gasteiger partial charge in [0.15, 0.2) is 10.8 Å². The summed E-state index contributed by atoms with van der Waals surface area (Å²) in [7, 11) is 0. The van der Waals surface area contributed by atoms with Gasteiger partial charge in [-0.1, -0.05) is 53.2 Å². The normalized spacial score (nSPS) is 14.2. The number of amides is 1. The zero-order valence-corrected chi connectivity index (χ0v) is 17.4. The summed E-state index contributed by atoms with van der Waals surface area (Å²) in [6, 6.07) is 14.7. The average Bonchev–Trinajstić information content (AvgIpc) is 3.10. The maximum absolute atomic E-state index is 13.1. The lowest BCUT2D eigenvalue weighted by Gasteiger charge is -2.30. The maximum atomic E-state index is 13.1. The van der Waals surface area contributed by atoms with Crippen LogP contribution in [0.15, 0.2) is 53.5 Å². The first-order valence-electron chi connectivity index (χ1n) is 8.54. The molecule has 4 nitrogen and oxygen atoms in total. The second kappa shape index (κ2) is 8.55. The molecule has 3 rings (SSSR count). The highest BCUT2D eigenvalue weighted by Crippen LogP contribution is 2.27. The lowest BCUT2D eigenvalue weighted by Crippen LogP contribution is -2.49. The number of aliphatic imine (C=N–C) groups is 1. The second-order valence-electron chi connectivity index (χ2n) is 6.57. The Hall–Kier alpha value is -1.69. The summed E-state index contributed by atoms with van der Waals surface area (Å²) in [5, 5.41) is 2.04. The van der Waals surface area contributed by atoms with Crippen LogP contribution in [0.3, 0.4) is 0 Å². The number of nitrogens with zero attached hydrogens (tertiary/aromatic N) is 2. The highest BCUT2D eigenvalue weighted by Gasteiger charge is 2.38. The zero-order chi connectivity index (χ0) is 19.4. The smallest absolute Gasteiger partial charge is 0.272 e. The summed E-state index contributed by atoms with van der Waals surface area (Å²) in [4.78, 5) is 19.3. The molecule has 0 saturated carbocycles. The minimum atomic E-state index is -1.02. The van der Waals surface area contributed by atoms with Gasteiger partial charge in [0, 0.05) is 22.3 Å². The summed E-state index contributed by atoms with van der Waals surface area (Å²) in [5.74, 6) is 1.13. The molecule has 1 aliphatic rings. The third kappa shape index (κ3) is 4.98. The van der Waals surface area contributed by atoms with Crippen molar-refractivity contribution >= 4 is 46.0 Å². The van der Waals surface area contributed by atoms with Crippen LogP contribution in [0.25, 0.3) is 0 Å². The van der Waals surface area contributed by atoms with Gasteiger partial charge >= 0.3 is 0 Å². The third-order valence-corrected chi connectivity index (χ3v) is 5.75. The van der Waals surface area contributed by atoms with Crippen LogP contribution in [0.4, 0.5) is 0 Å². The van der Waals surface area contributed by atoms with Crippen molar-refractivity contribution in [2.24, 2.45) is 4.99 Å². The molecule has 1 amide bonds. The van der Waals surface area contributed by atoms with Gasteiger partial charge < -0.3 is 4.74 Å². The molecular formula is C20H20Cl2N2O2S.